The van der Waals surface area contributed by atoms with Gasteiger partial charge in [0.1, 0.15) is 0 Å². The number of carboxylic acids is 1. The second-order valence-corrected chi connectivity index (χ2v) is 10.2. The highest BCUT2D eigenvalue weighted by molar-refractivity contribution is 5.81. The Morgan fingerprint density at radius 2 is 1.08 bits per heavy atom. The zero-order chi connectivity index (χ0) is 26.7. The van der Waals surface area contributed by atoms with Crippen LogP contribution in [0.5, 0.6) is 0 Å². The first-order valence-corrected chi connectivity index (χ1v) is 14.9. The first kappa shape index (κ1) is 34.4. The second kappa shape index (κ2) is 26.4. The molecule has 0 rings (SSSR count). The number of amides is 2. The molecule has 0 saturated heterocycles. The molecule has 0 radical (unpaired) electrons. The van der Waals surface area contributed by atoms with E-state index < -0.39 is 5.97 Å². The van der Waals surface area contributed by atoms with Crippen molar-refractivity contribution in [1.82, 2.24) is 16.0 Å². The van der Waals surface area contributed by atoms with Gasteiger partial charge < -0.3 is 21.1 Å². The number of hydrogen-bond donors (Lipinski definition) is 4. The fraction of sp³-hybridized carbons (Fsp3) is 0.897. The van der Waals surface area contributed by atoms with Gasteiger partial charge in [0, 0.05) is 25.9 Å². The molecule has 1 atom stereocenters. The summed E-state index contributed by atoms with van der Waals surface area (Å²) in [7, 11) is 1.79. The van der Waals surface area contributed by atoms with Crippen LogP contribution in [-0.2, 0) is 14.4 Å². The predicted molar refractivity (Wildman–Crippen MR) is 149 cm³/mol. The van der Waals surface area contributed by atoms with E-state index in [0.717, 1.165) is 44.9 Å². The summed E-state index contributed by atoms with van der Waals surface area (Å²) >= 11 is 0. The molecule has 212 valence electrons. The molecular formula is C29H57N3O4. The monoisotopic (exact) mass is 511 g/mol. The van der Waals surface area contributed by atoms with Crippen molar-refractivity contribution < 1.29 is 19.5 Å². The van der Waals surface area contributed by atoms with Crippen molar-refractivity contribution in [3.05, 3.63) is 0 Å². The van der Waals surface area contributed by atoms with Gasteiger partial charge in [-0.05, 0) is 45.6 Å². The van der Waals surface area contributed by atoms with Crippen LogP contribution >= 0.6 is 0 Å². The number of hydrogen-bond acceptors (Lipinski definition) is 4. The highest BCUT2D eigenvalue weighted by atomic mass is 16.4. The van der Waals surface area contributed by atoms with Crippen molar-refractivity contribution in [3.8, 4) is 0 Å². The van der Waals surface area contributed by atoms with E-state index in [1.165, 1.54) is 70.6 Å². The molecule has 7 nitrogen and oxygen atoms in total. The molecule has 0 aliphatic carbocycles. The average molecular weight is 512 g/mol. The Morgan fingerprint density at radius 1 is 0.611 bits per heavy atom. The Balaban J connectivity index is 3.51. The van der Waals surface area contributed by atoms with Crippen LogP contribution in [-0.4, -0.2) is 49.1 Å². The summed E-state index contributed by atoms with van der Waals surface area (Å²) < 4.78 is 0. The van der Waals surface area contributed by atoms with Gasteiger partial charge >= 0.3 is 5.97 Å². The van der Waals surface area contributed by atoms with E-state index in [1.807, 2.05) is 0 Å². The van der Waals surface area contributed by atoms with Crippen LogP contribution < -0.4 is 16.0 Å². The number of aliphatic carboxylic acids is 1. The lowest BCUT2D eigenvalue weighted by molar-refractivity contribution is -0.137. The Kier molecular flexibility index (Phi) is 25.2. The summed E-state index contributed by atoms with van der Waals surface area (Å²) in [6, 6.07) is -0.231. The van der Waals surface area contributed by atoms with E-state index in [1.54, 1.807) is 7.05 Å². The molecule has 0 aromatic carbocycles. The molecule has 0 aliphatic heterocycles. The molecule has 0 saturated carbocycles. The topological polar surface area (TPSA) is 108 Å². The van der Waals surface area contributed by atoms with Crippen molar-refractivity contribution in [2.24, 2.45) is 0 Å². The molecule has 0 aromatic rings. The summed E-state index contributed by atoms with van der Waals surface area (Å²) in [5.41, 5.74) is 0. The highest BCUT2D eigenvalue weighted by Crippen LogP contribution is 2.13. The third-order valence-corrected chi connectivity index (χ3v) is 6.78. The average Bonchev–Trinajstić information content (AvgIpc) is 2.86. The van der Waals surface area contributed by atoms with Gasteiger partial charge in [-0.15, -0.1) is 0 Å². The maximum Gasteiger partial charge on any atom is 0.303 e. The van der Waals surface area contributed by atoms with Crippen molar-refractivity contribution in [2.75, 3.05) is 20.1 Å². The van der Waals surface area contributed by atoms with E-state index in [-0.39, 0.29) is 24.3 Å². The molecule has 0 spiro atoms. The van der Waals surface area contributed by atoms with Crippen molar-refractivity contribution >= 4 is 17.8 Å². The van der Waals surface area contributed by atoms with E-state index in [4.69, 9.17) is 5.11 Å². The van der Waals surface area contributed by atoms with E-state index in [2.05, 4.69) is 22.9 Å². The predicted octanol–water partition coefficient (Wildman–Crippen LogP) is 6.10. The molecule has 0 heterocycles. The third kappa shape index (κ3) is 24.1. The molecule has 0 bridgehead atoms. The van der Waals surface area contributed by atoms with Crippen molar-refractivity contribution in [3.63, 3.8) is 0 Å². The minimum absolute atomic E-state index is 0.0119. The quantitative estimate of drug-likeness (QED) is 0.0996. The van der Waals surface area contributed by atoms with Gasteiger partial charge in [-0.25, -0.2) is 0 Å². The fourth-order valence-corrected chi connectivity index (χ4v) is 4.41. The number of carboxylic acid groups (broad SMARTS) is 1. The van der Waals surface area contributed by atoms with Gasteiger partial charge in [-0.2, -0.15) is 0 Å². The van der Waals surface area contributed by atoms with E-state index in [9.17, 15) is 14.4 Å². The van der Waals surface area contributed by atoms with Crippen LogP contribution in [0.1, 0.15) is 142 Å². The number of carbonyl (C=O) groups is 3. The van der Waals surface area contributed by atoms with Crippen LogP contribution in [0.3, 0.4) is 0 Å². The van der Waals surface area contributed by atoms with Crippen molar-refractivity contribution in [2.45, 2.75) is 148 Å². The smallest absolute Gasteiger partial charge is 0.303 e. The molecule has 0 fully saturated rings. The largest absolute Gasteiger partial charge is 0.481 e. The summed E-state index contributed by atoms with van der Waals surface area (Å²) in [6.07, 6.45) is 22.5. The Bertz CT molecular complexity index is 543. The summed E-state index contributed by atoms with van der Waals surface area (Å²) in [5.74, 6) is -0.642. The lowest BCUT2D eigenvalue weighted by Crippen LogP contribution is -2.43. The zero-order valence-electron chi connectivity index (χ0n) is 23.5. The van der Waals surface area contributed by atoms with Crippen LogP contribution in [0.4, 0.5) is 0 Å². The van der Waals surface area contributed by atoms with Crippen LogP contribution in [0, 0.1) is 0 Å². The molecule has 7 heteroatoms. The maximum absolute atomic E-state index is 12.3. The Morgan fingerprint density at radius 3 is 1.64 bits per heavy atom. The van der Waals surface area contributed by atoms with Crippen LogP contribution in [0.15, 0.2) is 0 Å². The molecule has 4 N–H and O–H groups in total. The number of likely N-dealkylation sites (N-methyl/N-ethyl adjacent to an activating group) is 1. The molecule has 0 aliphatic rings. The molecule has 2 amide bonds. The van der Waals surface area contributed by atoms with Gasteiger partial charge in [0.25, 0.3) is 0 Å². The number of nitrogens with one attached hydrogen (secondary N) is 3. The van der Waals surface area contributed by atoms with Gasteiger partial charge in [0.2, 0.25) is 11.8 Å². The number of carbonyl (C=O) groups excluding carboxylic acids is 2. The Hall–Kier alpha value is -1.63. The van der Waals surface area contributed by atoms with Gasteiger partial charge in [-0.3, -0.25) is 14.4 Å². The highest BCUT2D eigenvalue weighted by Gasteiger charge is 2.15. The van der Waals surface area contributed by atoms with Crippen LogP contribution in [0.25, 0.3) is 0 Å². The first-order chi connectivity index (χ1) is 17.5. The molecule has 1 unspecified atom stereocenters. The van der Waals surface area contributed by atoms with Gasteiger partial charge in [-0.1, -0.05) is 90.4 Å². The zero-order valence-corrected chi connectivity index (χ0v) is 23.5. The number of rotatable bonds is 27. The first-order valence-electron chi connectivity index (χ1n) is 14.9. The molecule has 36 heavy (non-hydrogen) atoms. The maximum atomic E-state index is 12.3. The van der Waals surface area contributed by atoms with Gasteiger partial charge in [0.05, 0.1) is 6.04 Å². The van der Waals surface area contributed by atoms with E-state index in [0.29, 0.717) is 25.9 Å². The minimum Gasteiger partial charge on any atom is -0.481 e. The summed E-state index contributed by atoms with van der Waals surface area (Å²) in [6.45, 7) is 3.50. The lowest BCUT2D eigenvalue weighted by Gasteiger charge is -2.16. The normalized spacial score (nSPS) is 11.8. The van der Waals surface area contributed by atoms with Crippen molar-refractivity contribution in [1.29, 1.82) is 0 Å². The Labute approximate surface area is 221 Å². The second-order valence-electron chi connectivity index (χ2n) is 10.2. The van der Waals surface area contributed by atoms with Crippen LogP contribution in [0.2, 0.25) is 0 Å². The fourth-order valence-electron chi connectivity index (χ4n) is 4.41. The summed E-state index contributed by atoms with van der Waals surface area (Å²) in [5, 5.41) is 17.6. The molecular weight excluding hydrogens is 454 g/mol. The summed E-state index contributed by atoms with van der Waals surface area (Å²) in [4.78, 5) is 34.8. The SMILES string of the molecule is CCCCCCCCCCCCCCCC(=O)NCCCCC(NC)C(=O)NCCCCCC(=O)O. The third-order valence-electron chi connectivity index (χ3n) is 6.78. The van der Waals surface area contributed by atoms with Gasteiger partial charge in [0.15, 0.2) is 0 Å². The van der Waals surface area contributed by atoms with E-state index >= 15 is 0 Å². The minimum atomic E-state index is -0.773. The molecule has 0 aromatic heterocycles. The lowest BCUT2D eigenvalue weighted by atomic mass is 10.0. The number of unbranched alkanes of at least 4 members (excludes halogenated alkanes) is 15. The standard InChI is InChI=1S/C29H57N3O4/c1-3-4-5-6-7-8-9-10-11-12-13-14-16-22-27(33)31-24-20-18-21-26(30-2)29(36)32-25-19-15-17-23-28(34)35/h26,30H,3-25H2,1-2H3,(H,31,33)(H,32,36)(H,34,35).